The van der Waals surface area contributed by atoms with Crippen LogP contribution in [-0.4, -0.2) is 32.5 Å². The summed E-state index contributed by atoms with van der Waals surface area (Å²) in [6, 6.07) is 6.87. The van der Waals surface area contributed by atoms with Crippen molar-refractivity contribution in [3.63, 3.8) is 0 Å². The monoisotopic (exact) mass is 305 g/mol. The molecular weight excluding hydrogens is 283 g/mol. The van der Waals surface area contributed by atoms with Gasteiger partial charge >= 0.3 is 6.18 Å². The van der Waals surface area contributed by atoms with Crippen molar-refractivity contribution in [3.8, 4) is 5.75 Å². The van der Waals surface area contributed by atoms with Crippen LogP contribution in [0.2, 0.25) is 0 Å². The molecule has 6 heteroatoms. The van der Waals surface area contributed by atoms with E-state index in [1.807, 2.05) is 6.92 Å². The van der Waals surface area contributed by atoms with Crippen LogP contribution in [0.15, 0.2) is 24.3 Å². The highest BCUT2D eigenvalue weighted by molar-refractivity contribution is 5.28. The topological polar surface area (TPSA) is 30.5 Å². The third-order valence-corrected chi connectivity index (χ3v) is 3.07. The van der Waals surface area contributed by atoms with Crippen LogP contribution in [0.4, 0.5) is 13.2 Å². The lowest BCUT2D eigenvalue weighted by molar-refractivity contribution is -0.227. The molecular formula is C15H22F3NO2. The molecule has 0 aromatic heterocycles. The number of nitrogens with one attached hydrogen (secondary N) is 1. The lowest BCUT2D eigenvalue weighted by Gasteiger charge is -2.25. The third kappa shape index (κ3) is 5.93. The van der Waals surface area contributed by atoms with Gasteiger partial charge < -0.3 is 14.8 Å². The van der Waals surface area contributed by atoms with E-state index in [2.05, 4.69) is 5.32 Å². The van der Waals surface area contributed by atoms with E-state index in [9.17, 15) is 13.2 Å². The first kappa shape index (κ1) is 17.8. The maximum atomic E-state index is 12.7. The molecule has 0 heterocycles. The number of hydrogen-bond acceptors (Lipinski definition) is 3. The van der Waals surface area contributed by atoms with Gasteiger partial charge in [-0.15, -0.1) is 0 Å². The van der Waals surface area contributed by atoms with Crippen LogP contribution >= 0.6 is 0 Å². The highest BCUT2D eigenvalue weighted by Crippen LogP contribution is 2.28. The summed E-state index contributed by atoms with van der Waals surface area (Å²) in [5.74, 6) is 0.655. The van der Waals surface area contributed by atoms with Crippen LogP contribution in [0.5, 0.6) is 5.75 Å². The number of ether oxygens (including phenoxy) is 2. The highest BCUT2D eigenvalue weighted by Gasteiger charge is 2.38. The molecule has 1 rings (SSSR count). The van der Waals surface area contributed by atoms with Gasteiger partial charge in [0, 0.05) is 6.54 Å². The van der Waals surface area contributed by atoms with E-state index in [-0.39, 0.29) is 0 Å². The molecule has 0 fully saturated rings. The number of methoxy groups -OCH3 is 1. The third-order valence-electron chi connectivity index (χ3n) is 3.07. The second-order valence-electron chi connectivity index (χ2n) is 4.79. The molecule has 0 amide bonds. The van der Waals surface area contributed by atoms with Crippen molar-refractivity contribution < 1.29 is 22.6 Å². The second-order valence-corrected chi connectivity index (χ2v) is 4.79. The first-order chi connectivity index (χ1) is 9.88. The van der Waals surface area contributed by atoms with Crippen molar-refractivity contribution in [2.45, 2.75) is 38.7 Å². The molecule has 2 unspecified atom stereocenters. The number of alkyl halides is 3. The summed E-state index contributed by atoms with van der Waals surface area (Å²) in [6.07, 6.45) is -5.92. The molecule has 0 radical (unpaired) electrons. The molecule has 0 spiro atoms. The number of hydrogen-bond donors (Lipinski definition) is 1. The lowest BCUT2D eigenvalue weighted by Crippen LogP contribution is -2.33. The smallest absolute Gasteiger partial charge is 0.414 e. The minimum atomic E-state index is -4.37. The van der Waals surface area contributed by atoms with Crippen molar-refractivity contribution in [3.05, 3.63) is 29.8 Å². The molecule has 0 bridgehead atoms. The molecule has 1 aromatic carbocycles. The zero-order valence-electron chi connectivity index (χ0n) is 12.5. The van der Waals surface area contributed by atoms with Gasteiger partial charge in [-0.1, -0.05) is 19.1 Å². The van der Waals surface area contributed by atoms with Gasteiger partial charge in [-0.05, 0) is 37.6 Å². The fourth-order valence-corrected chi connectivity index (χ4v) is 1.80. The molecule has 0 aliphatic carbocycles. The molecule has 120 valence electrons. The largest absolute Gasteiger partial charge is 0.497 e. The summed E-state index contributed by atoms with van der Waals surface area (Å²) in [4.78, 5) is 0. The molecule has 0 saturated carbocycles. The van der Waals surface area contributed by atoms with Gasteiger partial charge in [-0.25, -0.2) is 0 Å². The predicted octanol–water partition coefficient (Wildman–Crippen LogP) is 3.70. The van der Waals surface area contributed by atoms with Crippen molar-refractivity contribution in [1.29, 1.82) is 0 Å². The van der Waals surface area contributed by atoms with Gasteiger partial charge in [0.2, 0.25) is 0 Å². The minimum absolute atomic E-state index is 0.334. The zero-order valence-corrected chi connectivity index (χ0v) is 12.5. The standard InChI is InChI=1S/C15H22F3NO2/c1-4-9-19-10-14(21-11(2)15(16,17)18)12-5-7-13(20-3)8-6-12/h5-8,11,14,19H,4,9-10H2,1-3H3. The molecule has 1 aromatic rings. The van der Waals surface area contributed by atoms with E-state index in [4.69, 9.17) is 9.47 Å². The Bertz CT molecular complexity index is 406. The van der Waals surface area contributed by atoms with E-state index in [1.54, 1.807) is 24.3 Å². The maximum Gasteiger partial charge on any atom is 0.414 e. The first-order valence-electron chi connectivity index (χ1n) is 6.95. The Kier molecular flexibility index (Phi) is 6.98. The average Bonchev–Trinajstić information content (AvgIpc) is 2.45. The maximum absolute atomic E-state index is 12.7. The van der Waals surface area contributed by atoms with Crippen LogP contribution < -0.4 is 10.1 Å². The molecule has 3 nitrogen and oxygen atoms in total. The Morgan fingerprint density at radius 2 is 1.81 bits per heavy atom. The van der Waals surface area contributed by atoms with E-state index in [1.165, 1.54) is 7.11 Å². The summed E-state index contributed by atoms with van der Waals surface area (Å²) in [5.41, 5.74) is 0.690. The van der Waals surface area contributed by atoms with Crippen LogP contribution in [0, 0.1) is 0 Å². The van der Waals surface area contributed by atoms with E-state index >= 15 is 0 Å². The van der Waals surface area contributed by atoms with Crippen LogP contribution in [0.1, 0.15) is 31.9 Å². The number of benzene rings is 1. The fourth-order valence-electron chi connectivity index (χ4n) is 1.80. The number of halogens is 3. The van der Waals surface area contributed by atoms with Crippen molar-refractivity contribution in [2.75, 3.05) is 20.2 Å². The molecule has 1 N–H and O–H groups in total. The zero-order chi connectivity index (χ0) is 15.9. The van der Waals surface area contributed by atoms with Gasteiger partial charge in [0.05, 0.1) is 13.2 Å². The minimum Gasteiger partial charge on any atom is -0.497 e. The van der Waals surface area contributed by atoms with Crippen LogP contribution in [0.25, 0.3) is 0 Å². The molecule has 0 aliphatic rings. The van der Waals surface area contributed by atoms with E-state index in [0.29, 0.717) is 17.9 Å². The molecule has 21 heavy (non-hydrogen) atoms. The summed E-state index contributed by atoms with van der Waals surface area (Å²) in [6.45, 7) is 4.09. The highest BCUT2D eigenvalue weighted by atomic mass is 19.4. The summed E-state index contributed by atoms with van der Waals surface area (Å²) in [7, 11) is 1.54. The van der Waals surface area contributed by atoms with Gasteiger partial charge in [0.25, 0.3) is 0 Å². The van der Waals surface area contributed by atoms with Crippen molar-refractivity contribution in [2.24, 2.45) is 0 Å². The Morgan fingerprint density at radius 1 is 1.19 bits per heavy atom. The molecule has 2 atom stereocenters. The first-order valence-corrected chi connectivity index (χ1v) is 6.95. The Labute approximate surface area is 123 Å². The van der Waals surface area contributed by atoms with E-state index < -0.39 is 18.4 Å². The summed E-state index contributed by atoms with van der Waals surface area (Å²) >= 11 is 0. The van der Waals surface area contributed by atoms with Crippen molar-refractivity contribution in [1.82, 2.24) is 5.32 Å². The molecule has 0 saturated heterocycles. The fraction of sp³-hybridized carbons (Fsp3) is 0.600. The van der Waals surface area contributed by atoms with Crippen LogP contribution in [0.3, 0.4) is 0 Å². The van der Waals surface area contributed by atoms with Gasteiger partial charge in [-0.3, -0.25) is 0 Å². The Hall–Kier alpha value is -1.27. The van der Waals surface area contributed by atoms with Gasteiger partial charge in [-0.2, -0.15) is 13.2 Å². The normalized spacial score (nSPS) is 14.8. The van der Waals surface area contributed by atoms with E-state index in [0.717, 1.165) is 19.9 Å². The predicted molar refractivity (Wildman–Crippen MR) is 75.5 cm³/mol. The van der Waals surface area contributed by atoms with Crippen molar-refractivity contribution >= 4 is 0 Å². The quantitative estimate of drug-likeness (QED) is 0.743. The lowest BCUT2D eigenvalue weighted by atomic mass is 10.1. The molecule has 0 aliphatic heterocycles. The summed E-state index contributed by atoms with van der Waals surface area (Å²) in [5, 5.41) is 3.10. The average molecular weight is 305 g/mol. The van der Waals surface area contributed by atoms with Gasteiger partial charge in [0.15, 0.2) is 6.10 Å². The Balaban J connectivity index is 2.79. The SMILES string of the molecule is CCCNCC(OC(C)C(F)(F)F)c1ccc(OC)cc1. The van der Waals surface area contributed by atoms with Crippen LogP contribution in [-0.2, 0) is 4.74 Å². The summed E-state index contributed by atoms with van der Waals surface area (Å²) < 4.78 is 48.2. The second kappa shape index (κ2) is 8.24. The Morgan fingerprint density at radius 3 is 2.29 bits per heavy atom. The van der Waals surface area contributed by atoms with Gasteiger partial charge in [0.1, 0.15) is 5.75 Å². The number of rotatable bonds is 8.